The van der Waals surface area contributed by atoms with E-state index in [-0.39, 0.29) is 11.4 Å². The van der Waals surface area contributed by atoms with Crippen LogP contribution in [0.15, 0.2) is 22.5 Å². The summed E-state index contributed by atoms with van der Waals surface area (Å²) < 4.78 is 0. The Balaban J connectivity index is 2.21. The van der Waals surface area contributed by atoms with Gasteiger partial charge < -0.3 is 11.5 Å². The summed E-state index contributed by atoms with van der Waals surface area (Å²) in [6.07, 6.45) is 6.35. The lowest BCUT2D eigenvalue weighted by atomic mass is 9.73. The maximum Gasteiger partial charge on any atom is 0.185 e. The zero-order valence-corrected chi connectivity index (χ0v) is 10.3. The number of aliphatic imine (C=N–C) groups is 1. The Morgan fingerprint density at radius 2 is 2.06 bits per heavy atom. The quantitative estimate of drug-likeness (QED) is 0.625. The van der Waals surface area contributed by atoms with Gasteiger partial charge in [0.25, 0.3) is 0 Å². The third kappa shape index (κ3) is 2.38. The molecule has 0 saturated heterocycles. The summed E-state index contributed by atoms with van der Waals surface area (Å²) >= 11 is 1.83. The molecule has 0 atom stereocenters. The molecule has 0 aliphatic heterocycles. The van der Waals surface area contributed by atoms with E-state index in [1.165, 1.54) is 37.0 Å². The van der Waals surface area contributed by atoms with Gasteiger partial charge in [-0.3, -0.25) is 4.99 Å². The molecule has 1 aliphatic rings. The van der Waals surface area contributed by atoms with Crippen LogP contribution in [0.25, 0.3) is 0 Å². The van der Waals surface area contributed by atoms with Crippen molar-refractivity contribution in [1.29, 1.82) is 0 Å². The van der Waals surface area contributed by atoms with Gasteiger partial charge in [-0.15, -0.1) is 11.3 Å². The molecular weight excluding hydrogens is 218 g/mol. The second-order valence-corrected chi connectivity index (χ2v) is 5.51. The Morgan fingerprint density at radius 1 is 1.31 bits per heavy atom. The standard InChI is InChI=1S/C12H19N3S/c13-11(14)15-9-12(6-2-1-3-7-12)10-5-4-8-16-10/h4-5,8H,1-3,6-7,9H2,(H4,13,14,15). The molecule has 0 radical (unpaired) electrons. The van der Waals surface area contributed by atoms with Gasteiger partial charge in [-0.1, -0.05) is 25.3 Å². The second kappa shape index (κ2) is 4.87. The van der Waals surface area contributed by atoms with Gasteiger partial charge in [-0.25, -0.2) is 0 Å². The summed E-state index contributed by atoms with van der Waals surface area (Å²) in [6.45, 7) is 0.746. The first-order valence-corrected chi connectivity index (χ1v) is 6.70. The third-order valence-electron chi connectivity index (χ3n) is 3.42. The molecule has 1 saturated carbocycles. The summed E-state index contributed by atoms with van der Waals surface area (Å²) in [6, 6.07) is 4.34. The van der Waals surface area contributed by atoms with E-state index in [4.69, 9.17) is 11.5 Å². The number of guanidine groups is 1. The highest BCUT2D eigenvalue weighted by Gasteiger charge is 2.34. The Kier molecular flexibility index (Phi) is 3.49. The molecule has 0 amide bonds. The lowest BCUT2D eigenvalue weighted by Gasteiger charge is -2.35. The first kappa shape index (κ1) is 11.5. The molecule has 4 heteroatoms. The lowest BCUT2D eigenvalue weighted by molar-refractivity contribution is 0.307. The van der Waals surface area contributed by atoms with Gasteiger partial charge in [0.2, 0.25) is 0 Å². The fraction of sp³-hybridized carbons (Fsp3) is 0.583. The normalized spacial score (nSPS) is 19.2. The molecule has 0 unspecified atom stereocenters. The van der Waals surface area contributed by atoms with Crippen LogP contribution in [0.4, 0.5) is 0 Å². The molecule has 16 heavy (non-hydrogen) atoms. The van der Waals surface area contributed by atoms with Crippen LogP contribution in [0, 0.1) is 0 Å². The minimum atomic E-state index is 0.205. The average Bonchev–Trinajstić information content (AvgIpc) is 2.82. The average molecular weight is 237 g/mol. The molecule has 1 heterocycles. The monoisotopic (exact) mass is 237 g/mol. The van der Waals surface area contributed by atoms with E-state index >= 15 is 0 Å². The van der Waals surface area contributed by atoms with Crippen LogP contribution in [-0.4, -0.2) is 12.5 Å². The van der Waals surface area contributed by atoms with Crippen LogP contribution in [-0.2, 0) is 5.41 Å². The zero-order chi connectivity index (χ0) is 11.4. The van der Waals surface area contributed by atoms with Gasteiger partial charge in [0.05, 0.1) is 6.54 Å². The van der Waals surface area contributed by atoms with Crippen LogP contribution in [0.5, 0.6) is 0 Å². The van der Waals surface area contributed by atoms with E-state index in [1.807, 2.05) is 11.3 Å². The summed E-state index contributed by atoms with van der Waals surface area (Å²) in [4.78, 5) is 5.70. The summed E-state index contributed by atoms with van der Waals surface area (Å²) in [7, 11) is 0. The van der Waals surface area contributed by atoms with Gasteiger partial charge in [0.1, 0.15) is 0 Å². The summed E-state index contributed by atoms with van der Waals surface area (Å²) in [5.41, 5.74) is 11.1. The molecule has 4 N–H and O–H groups in total. The molecule has 88 valence electrons. The molecule has 0 bridgehead atoms. The Labute approximate surface area is 101 Å². The van der Waals surface area contributed by atoms with Crippen molar-refractivity contribution in [2.45, 2.75) is 37.5 Å². The third-order valence-corrected chi connectivity index (χ3v) is 4.54. The van der Waals surface area contributed by atoms with Crippen molar-refractivity contribution >= 4 is 17.3 Å². The fourth-order valence-corrected chi connectivity index (χ4v) is 3.51. The molecule has 1 aliphatic carbocycles. The molecular formula is C12H19N3S. The van der Waals surface area contributed by atoms with Crippen LogP contribution < -0.4 is 11.5 Å². The van der Waals surface area contributed by atoms with Crippen molar-refractivity contribution in [3.8, 4) is 0 Å². The van der Waals surface area contributed by atoms with E-state index in [1.54, 1.807) is 0 Å². The molecule has 1 fully saturated rings. The van der Waals surface area contributed by atoms with Crippen molar-refractivity contribution in [2.24, 2.45) is 16.5 Å². The number of nitrogens with two attached hydrogens (primary N) is 2. The van der Waals surface area contributed by atoms with Crippen LogP contribution >= 0.6 is 11.3 Å². The number of nitrogens with zero attached hydrogens (tertiary/aromatic N) is 1. The van der Waals surface area contributed by atoms with Crippen molar-refractivity contribution in [3.05, 3.63) is 22.4 Å². The van der Waals surface area contributed by atoms with E-state index in [0.29, 0.717) is 0 Å². The molecule has 0 spiro atoms. The smallest absolute Gasteiger partial charge is 0.185 e. The summed E-state index contributed by atoms with van der Waals surface area (Å²) in [5, 5.41) is 2.14. The van der Waals surface area contributed by atoms with Crippen molar-refractivity contribution in [3.63, 3.8) is 0 Å². The van der Waals surface area contributed by atoms with Gasteiger partial charge in [-0.2, -0.15) is 0 Å². The largest absolute Gasteiger partial charge is 0.370 e. The Morgan fingerprint density at radius 3 is 2.62 bits per heavy atom. The highest BCUT2D eigenvalue weighted by atomic mass is 32.1. The van der Waals surface area contributed by atoms with Crippen LogP contribution in [0.2, 0.25) is 0 Å². The maximum atomic E-state index is 5.45. The van der Waals surface area contributed by atoms with Crippen molar-refractivity contribution < 1.29 is 0 Å². The molecule has 1 aromatic heterocycles. The highest BCUT2D eigenvalue weighted by molar-refractivity contribution is 7.10. The molecule has 1 aromatic rings. The van der Waals surface area contributed by atoms with E-state index in [9.17, 15) is 0 Å². The maximum absolute atomic E-state index is 5.45. The van der Waals surface area contributed by atoms with E-state index < -0.39 is 0 Å². The van der Waals surface area contributed by atoms with Gasteiger partial charge >= 0.3 is 0 Å². The SMILES string of the molecule is NC(N)=NCC1(c2cccs2)CCCCC1. The minimum absolute atomic E-state index is 0.205. The molecule has 0 aromatic carbocycles. The van der Waals surface area contributed by atoms with Crippen LogP contribution in [0.3, 0.4) is 0 Å². The van der Waals surface area contributed by atoms with Crippen molar-refractivity contribution in [2.75, 3.05) is 6.54 Å². The Bertz CT molecular complexity index is 346. The van der Waals surface area contributed by atoms with E-state index in [0.717, 1.165) is 6.54 Å². The predicted molar refractivity (Wildman–Crippen MR) is 69.8 cm³/mol. The number of hydrogen-bond donors (Lipinski definition) is 2. The topological polar surface area (TPSA) is 64.4 Å². The predicted octanol–water partition coefficient (Wildman–Crippen LogP) is 2.22. The van der Waals surface area contributed by atoms with Gasteiger partial charge in [0.15, 0.2) is 5.96 Å². The van der Waals surface area contributed by atoms with E-state index in [2.05, 4.69) is 22.5 Å². The number of thiophene rings is 1. The van der Waals surface area contributed by atoms with Crippen LogP contribution in [0.1, 0.15) is 37.0 Å². The fourth-order valence-electron chi connectivity index (χ4n) is 2.53. The van der Waals surface area contributed by atoms with Gasteiger partial charge in [0, 0.05) is 10.3 Å². The Hall–Kier alpha value is -1.03. The number of hydrogen-bond acceptors (Lipinski definition) is 2. The zero-order valence-electron chi connectivity index (χ0n) is 9.48. The second-order valence-electron chi connectivity index (χ2n) is 4.56. The van der Waals surface area contributed by atoms with Crippen molar-refractivity contribution in [1.82, 2.24) is 0 Å². The summed E-state index contributed by atoms with van der Waals surface area (Å²) in [5.74, 6) is 0.210. The first-order valence-electron chi connectivity index (χ1n) is 5.82. The number of rotatable bonds is 3. The lowest BCUT2D eigenvalue weighted by Crippen LogP contribution is -2.34. The van der Waals surface area contributed by atoms with Gasteiger partial charge in [-0.05, 0) is 24.3 Å². The molecule has 2 rings (SSSR count). The first-order chi connectivity index (χ1) is 7.73. The minimum Gasteiger partial charge on any atom is -0.370 e. The highest BCUT2D eigenvalue weighted by Crippen LogP contribution is 2.41. The molecule has 3 nitrogen and oxygen atoms in total.